The van der Waals surface area contributed by atoms with Crippen molar-refractivity contribution < 1.29 is 22.7 Å². The van der Waals surface area contributed by atoms with Crippen molar-refractivity contribution in [3.63, 3.8) is 0 Å². The first-order valence-corrected chi connectivity index (χ1v) is 13.8. The average molecular weight is 557 g/mol. The fraction of sp³-hybridized carbons (Fsp3) is 0.296. The van der Waals surface area contributed by atoms with E-state index < -0.39 is 27.5 Å². The van der Waals surface area contributed by atoms with Crippen molar-refractivity contribution in [3.05, 3.63) is 76.3 Å². The van der Waals surface area contributed by atoms with Gasteiger partial charge in [0, 0.05) is 36.8 Å². The Morgan fingerprint density at radius 2 is 1.55 bits per heavy atom. The summed E-state index contributed by atoms with van der Waals surface area (Å²) in [7, 11) is -3.77. The van der Waals surface area contributed by atoms with Crippen LogP contribution in [-0.4, -0.2) is 67.1 Å². The number of nitrogens with zero attached hydrogens (tertiary/aromatic N) is 2. The highest BCUT2D eigenvalue weighted by atomic mass is 35.5. The normalized spacial score (nSPS) is 14.9. The highest BCUT2D eigenvalue weighted by molar-refractivity contribution is 7.89. The van der Waals surface area contributed by atoms with E-state index in [-0.39, 0.29) is 53.6 Å². The van der Waals surface area contributed by atoms with E-state index in [9.17, 15) is 18.0 Å². The number of hydrogen-bond acceptors (Lipinski definition) is 6. The number of hydrogen-bond donors (Lipinski definition) is 2. The Hall–Kier alpha value is -3.47. The largest absolute Gasteiger partial charge is 0.456 e. The summed E-state index contributed by atoms with van der Waals surface area (Å²) in [5, 5.41) is 10.1. The van der Waals surface area contributed by atoms with Crippen LogP contribution >= 0.6 is 11.6 Å². The number of nitrogens with two attached hydrogens (primary N) is 1. The number of benzene rings is 3. The summed E-state index contributed by atoms with van der Waals surface area (Å²) < 4.78 is 33.3. The third-order valence-electron chi connectivity index (χ3n) is 6.11. The zero-order valence-corrected chi connectivity index (χ0v) is 22.9. The number of fused-ring (bicyclic) bond motifs is 1. The minimum Gasteiger partial charge on any atom is -0.456 e. The minimum atomic E-state index is -3.77. The summed E-state index contributed by atoms with van der Waals surface area (Å²) in [6.45, 7) is 5.76. The average Bonchev–Trinajstić information content (AvgIpc) is 2.86. The van der Waals surface area contributed by atoms with Crippen molar-refractivity contribution in [2.75, 3.05) is 26.2 Å². The van der Waals surface area contributed by atoms with Gasteiger partial charge in [0.05, 0.1) is 16.0 Å². The third-order valence-corrected chi connectivity index (χ3v) is 8.24. The van der Waals surface area contributed by atoms with Gasteiger partial charge >= 0.3 is 5.97 Å². The van der Waals surface area contributed by atoms with Crippen LogP contribution in [0, 0.1) is 5.41 Å². The number of piperazine rings is 1. The Balaban J connectivity index is 1.50. The molecular formula is C27H29ClN4O5S. The van der Waals surface area contributed by atoms with Gasteiger partial charge in [-0.25, -0.2) is 13.2 Å². The fourth-order valence-electron chi connectivity index (χ4n) is 4.22. The number of halogens is 1. The van der Waals surface area contributed by atoms with E-state index in [4.69, 9.17) is 27.5 Å². The smallest absolute Gasteiger partial charge is 0.338 e. The second-order valence-corrected chi connectivity index (χ2v) is 12.4. The van der Waals surface area contributed by atoms with Gasteiger partial charge in [-0.2, -0.15) is 4.31 Å². The van der Waals surface area contributed by atoms with Crippen molar-refractivity contribution >= 4 is 50.1 Å². The van der Waals surface area contributed by atoms with Crippen molar-refractivity contribution in [1.29, 1.82) is 5.41 Å². The summed E-state index contributed by atoms with van der Waals surface area (Å²) in [6, 6.07) is 14.4. The second kappa shape index (κ2) is 10.4. The summed E-state index contributed by atoms with van der Waals surface area (Å²) in [4.78, 5) is 27.5. The zero-order chi connectivity index (χ0) is 27.8. The maximum absolute atomic E-state index is 13.3. The molecule has 1 aliphatic rings. The number of nitrogen functional groups attached to an aromatic ring is 1. The first-order chi connectivity index (χ1) is 17.8. The Labute approximate surface area is 226 Å². The molecule has 0 unspecified atom stereocenters. The highest BCUT2D eigenvalue weighted by Gasteiger charge is 2.32. The van der Waals surface area contributed by atoms with Crippen LogP contribution in [0.5, 0.6) is 0 Å². The standard InChI is InChI=1S/C27H29ClN4O5S/c1-27(2,3)37-26(34)19-6-9-22(23(16-19)24(29)30)25(33)31-10-12-32(13-11-31)38(35,36)21-8-5-17-14-20(28)7-4-18(17)15-21/h4-9,14-16H,10-13H2,1-3H3,(H3,29,30). The van der Waals surface area contributed by atoms with Gasteiger partial charge in [-0.05, 0) is 74.0 Å². The van der Waals surface area contributed by atoms with Crippen LogP contribution in [0.25, 0.3) is 10.8 Å². The molecule has 11 heteroatoms. The summed E-state index contributed by atoms with van der Waals surface area (Å²) in [5.74, 6) is -1.35. The van der Waals surface area contributed by atoms with Gasteiger partial charge in [-0.3, -0.25) is 10.2 Å². The molecule has 1 heterocycles. The minimum absolute atomic E-state index is 0.109. The number of amides is 1. The number of amidine groups is 1. The van der Waals surface area contributed by atoms with Gasteiger partial charge in [0.1, 0.15) is 11.4 Å². The van der Waals surface area contributed by atoms with E-state index in [1.807, 2.05) is 0 Å². The Morgan fingerprint density at radius 1 is 0.921 bits per heavy atom. The van der Waals surface area contributed by atoms with E-state index in [0.717, 1.165) is 10.8 Å². The first kappa shape index (κ1) is 27.6. The van der Waals surface area contributed by atoms with E-state index in [1.165, 1.54) is 27.4 Å². The second-order valence-electron chi connectivity index (χ2n) is 10.0. The molecule has 4 rings (SSSR count). The lowest BCUT2D eigenvalue weighted by atomic mass is 10.0. The molecule has 1 saturated heterocycles. The number of rotatable bonds is 5. The van der Waals surface area contributed by atoms with Crippen LogP contribution in [0.4, 0.5) is 0 Å². The topological polar surface area (TPSA) is 134 Å². The zero-order valence-electron chi connectivity index (χ0n) is 21.3. The Kier molecular flexibility index (Phi) is 7.51. The number of sulfonamides is 1. The van der Waals surface area contributed by atoms with Crippen LogP contribution in [0.1, 0.15) is 47.1 Å². The molecular weight excluding hydrogens is 528 g/mol. The molecule has 1 fully saturated rings. The maximum atomic E-state index is 13.3. The van der Waals surface area contributed by atoms with Crippen LogP contribution in [0.2, 0.25) is 5.02 Å². The molecule has 38 heavy (non-hydrogen) atoms. The molecule has 0 aliphatic carbocycles. The quantitative estimate of drug-likeness (QED) is 0.278. The molecule has 0 bridgehead atoms. The van der Waals surface area contributed by atoms with Crippen LogP contribution in [0.15, 0.2) is 59.5 Å². The van der Waals surface area contributed by atoms with Crippen molar-refractivity contribution in [2.24, 2.45) is 5.73 Å². The monoisotopic (exact) mass is 556 g/mol. The van der Waals surface area contributed by atoms with E-state index in [1.54, 1.807) is 57.2 Å². The van der Waals surface area contributed by atoms with Gasteiger partial charge in [-0.1, -0.05) is 23.7 Å². The molecule has 0 spiro atoms. The van der Waals surface area contributed by atoms with Crippen molar-refractivity contribution in [1.82, 2.24) is 9.21 Å². The molecule has 3 aromatic rings. The lowest BCUT2D eigenvalue weighted by molar-refractivity contribution is 0.00692. The predicted molar refractivity (Wildman–Crippen MR) is 146 cm³/mol. The SMILES string of the molecule is CC(C)(C)OC(=O)c1ccc(C(=O)N2CCN(S(=O)(=O)c3ccc4cc(Cl)ccc4c3)CC2)c(C(=N)N)c1. The molecule has 3 N–H and O–H groups in total. The van der Waals surface area contributed by atoms with Crippen molar-refractivity contribution in [3.8, 4) is 0 Å². The van der Waals surface area contributed by atoms with Crippen molar-refractivity contribution in [2.45, 2.75) is 31.3 Å². The van der Waals surface area contributed by atoms with Gasteiger partial charge in [-0.15, -0.1) is 0 Å². The highest BCUT2D eigenvalue weighted by Crippen LogP contribution is 2.26. The number of nitrogens with one attached hydrogen (secondary N) is 1. The summed E-state index contributed by atoms with van der Waals surface area (Å²) in [6.07, 6.45) is 0. The lowest BCUT2D eigenvalue weighted by Gasteiger charge is -2.34. The van der Waals surface area contributed by atoms with Gasteiger partial charge in [0.15, 0.2) is 0 Å². The van der Waals surface area contributed by atoms with Gasteiger partial charge in [0.2, 0.25) is 10.0 Å². The van der Waals surface area contributed by atoms with E-state index in [0.29, 0.717) is 5.02 Å². The molecule has 1 aliphatic heterocycles. The summed E-state index contributed by atoms with van der Waals surface area (Å²) >= 11 is 6.03. The molecule has 0 radical (unpaired) electrons. The Morgan fingerprint density at radius 3 is 2.18 bits per heavy atom. The number of ether oxygens (including phenoxy) is 1. The fourth-order valence-corrected chi connectivity index (χ4v) is 5.86. The van der Waals surface area contributed by atoms with Crippen LogP contribution in [0.3, 0.4) is 0 Å². The maximum Gasteiger partial charge on any atom is 0.338 e. The molecule has 3 aromatic carbocycles. The lowest BCUT2D eigenvalue weighted by Crippen LogP contribution is -2.50. The van der Waals surface area contributed by atoms with Crippen LogP contribution < -0.4 is 5.73 Å². The van der Waals surface area contributed by atoms with E-state index in [2.05, 4.69) is 0 Å². The summed E-state index contributed by atoms with van der Waals surface area (Å²) in [5.41, 5.74) is 5.48. The molecule has 1 amide bonds. The van der Waals surface area contributed by atoms with Gasteiger partial charge < -0.3 is 15.4 Å². The third kappa shape index (κ3) is 5.82. The predicted octanol–water partition coefficient (Wildman–Crippen LogP) is 3.88. The number of carbonyl (C=O) groups is 2. The van der Waals surface area contributed by atoms with E-state index >= 15 is 0 Å². The number of esters is 1. The molecule has 9 nitrogen and oxygen atoms in total. The first-order valence-electron chi connectivity index (χ1n) is 12.0. The molecule has 0 atom stereocenters. The van der Waals surface area contributed by atoms with Gasteiger partial charge in [0.25, 0.3) is 5.91 Å². The molecule has 0 saturated carbocycles. The van der Waals surface area contributed by atoms with Crippen LogP contribution in [-0.2, 0) is 14.8 Å². The molecule has 200 valence electrons. The molecule has 0 aromatic heterocycles. The number of carbonyl (C=O) groups excluding carboxylic acids is 2. The Bertz CT molecular complexity index is 1540.